The standard InChI is InChI=1S/C16H24N2O/c1-2-18-10-8-13(11-18)12-19-16-7-3-6-15-14(16)5-4-9-17-15/h3,6-7,13,17H,2,4-5,8-12H2,1H3. The van der Waals surface area contributed by atoms with Crippen molar-refractivity contribution >= 4 is 5.69 Å². The first-order chi connectivity index (χ1) is 9.36. The Morgan fingerprint density at radius 3 is 3.21 bits per heavy atom. The number of hydrogen-bond donors (Lipinski definition) is 1. The van der Waals surface area contributed by atoms with Gasteiger partial charge in [0.1, 0.15) is 5.75 Å². The van der Waals surface area contributed by atoms with Crippen molar-refractivity contribution in [3.05, 3.63) is 23.8 Å². The van der Waals surface area contributed by atoms with E-state index in [0.717, 1.165) is 25.3 Å². The van der Waals surface area contributed by atoms with Gasteiger partial charge in [0.2, 0.25) is 0 Å². The van der Waals surface area contributed by atoms with Gasteiger partial charge in [-0.2, -0.15) is 0 Å². The van der Waals surface area contributed by atoms with Crippen LogP contribution >= 0.6 is 0 Å². The largest absolute Gasteiger partial charge is 0.493 e. The van der Waals surface area contributed by atoms with Crippen molar-refractivity contribution in [2.24, 2.45) is 5.92 Å². The zero-order valence-corrected chi connectivity index (χ0v) is 11.8. The Morgan fingerprint density at radius 2 is 2.37 bits per heavy atom. The first kappa shape index (κ1) is 12.8. The lowest BCUT2D eigenvalue weighted by Gasteiger charge is -2.22. The van der Waals surface area contributed by atoms with E-state index < -0.39 is 0 Å². The van der Waals surface area contributed by atoms with Crippen LogP contribution in [0.25, 0.3) is 0 Å². The zero-order chi connectivity index (χ0) is 13.1. The number of anilines is 1. The van der Waals surface area contributed by atoms with E-state index in [1.807, 2.05) is 0 Å². The number of hydrogen-bond acceptors (Lipinski definition) is 3. The van der Waals surface area contributed by atoms with Crippen LogP contribution in [-0.2, 0) is 6.42 Å². The second-order valence-corrected chi connectivity index (χ2v) is 5.67. The SMILES string of the molecule is CCN1CCC(COc2cccc3c2CCCN3)C1. The molecule has 1 atom stereocenters. The van der Waals surface area contributed by atoms with E-state index in [2.05, 4.69) is 35.3 Å². The molecule has 2 heterocycles. The lowest BCUT2D eigenvalue weighted by molar-refractivity contribution is 0.241. The molecule has 2 aliphatic rings. The normalized spacial score (nSPS) is 22.9. The van der Waals surface area contributed by atoms with Crippen molar-refractivity contribution in [1.82, 2.24) is 4.90 Å². The lowest BCUT2D eigenvalue weighted by atomic mass is 10.0. The summed E-state index contributed by atoms with van der Waals surface area (Å²) in [4.78, 5) is 2.51. The van der Waals surface area contributed by atoms with Crippen molar-refractivity contribution in [2.75, 3.05) is 38.1 Å². The van der Waals surface area contributed by atoms with Crippen LogP contribution in [-0.4, -0.2) is 37.7 Å². The van der Waals surface area contributed by atoms with E-state index in [0.29, 0.717) is 5.92 Å². The fourth-order valence-electron chi connectivity index (χ4n) is 3.16. The maximum Gasteiger partial charge on any atom is 0.124 e. The minimum atomic E-state index is 0.701. The lowest BCUT2D eigenvalue weighted by Crippen LogP contribution is -2.22. The predicted molar refractivity (Wildman–Crippen MR) is 79.0 cm³/mol. The van der Waals surface area contributed by atoms with Crippen molar-refractivity contribution in [3.63, 3.8) is 0 Å². The number of rotatable bonds is 4. The number of likely N-dealkylation sites (tertiary alicyclic amines) is 1. The molecule has 0 spiro atoms. The summed E-state index contributed by atoms with van der Waals surface area (Å²) in [6.07, 6.45) is 3.63. The van der Waals surface area contributed by atoms with Gasteiger partial charge in [0.15, 0.2) is 0 Å². The molecule has 3 nitrogen and oxygen atoms in total. The fraction of sp³-hybridized carbons (Fsp3) is 0.625. The highest BCUT2D eigenvalue weighted by Gasteiger charge is 2.22. The van der Waals surface area contributed by atoms with Gasteiger partial charge >= 0.3 is 0 Å². The van der Waals surface area contributed by atoms with Crippen LogP contribution in [0.15, 0.2) is 18.2 Å². The minimum absolute atomic E-state index is 0.701. The Kier molecular flexibility index (Phi) is 3.92. The molecule has 1 fully saturated rings. The second kappa shape index (κ2) is 5.83. The Hall–Kier alpha value is -1.22. The molecular weight excluding hydrogens is 236 g/mol. The van der Waals surface area contributed by atoms with Crippen molar-refractivity contribution in [1.29, 1.82) is 0 Å². The average Bonchev–Trinajstić information content (AvgIpc) is 2.93. The number of ether oxygens (including phenoxy) is 1. The van der Waals surface area contributed by atoms with E-state index in [1.165, 1.54) is 43.7 Å². The first-order valence-corrected chi connectivity index (χ1v) is 7.57. The molecule has 0 saturated carbocycles. The predicted octanol–water partition coefficient (Wildman–Crippen LogP) is 2.77. The van der Waals surface area contributed by atoms with Gasteiger partial charge in [-0.05, 0) is 44.5 Å². The highest BCUT2D eigenvalue weighted by Crippen LogP contribution is 2.31. The summed E-state index contributed by atoms with van der Waals surface area (Å²) < 4.78 is 6.11. The van der Waals surface area contributed by atoms with Crippen LogP contribution in [0.2, 0.25) is 0 Å². The third-order valence-electron chi connectivity index (χ3n) is 4.34. The Labute approximate surface area is 115 Å². The van der Waals surface area contributed by atoms with E-state index in [1.54, 1.807) is 0 Å². The van der Waals surface area contributed by atoms with E-state index in [-0.39, 0.29) is 0 Å². The molecule has 1 N–H and O–H groups in total. The highest BCUT2D eigenvalue weighted by atomic mass is 16.5. The van der Waals surface area contributed by atoms with Gasteiger partial charge in [0.25, 0.3) is 0 Å². The van der Waals surface area contributed by atoms with Gasteiger partial charge in [-0.15, -0.1) is 0 Å². The molecule has 1 aromatic rings. The molecule has 0 amide bonds. The molecule has 3 rings (SSSR count). The van der Waals surface area contributed by atoms with Gasteiger partial charge in [0, 0.05) is 30.3 Å². The maximum absolute atomic E-state index is 6.11. The molecule has 19 heavy (non-hydrogen) atoms. The van der Waals surface area contributed by atoms with Gasteiger partial charge < -0.3 is 15.0 Å². The van der Waals surface area contributed by atoms with Crippen molar-refractivity contribution in [2.45, 2.75) is 26.2 Å². The van der Waals surface area contributed by atoms with Crippen LogP contribution in [0.5, 0.6) is 5.75 Å². The summed E-state index contributed by atoms with van der Waals surface area (Å²) in [5.41, 5.74) is 2.64. The molecule has 0 aliphatic carbocycles. The molecule has 0 radical (unpaired) electrons. The number of nitrogens with one attached hydrogen (secondary N) is 1. The molecule has 0 bridgehead atoms. The zero-order valence-electron chi connectivity index (χ0n) is 11.8. The van der Waals surface area contributed by atoms with Gasteiger partial charge in [-0.25, -0.2) is 0 Å². The summed E-state index contributed by atoms with van der Waals surface area (Å²) in [6.45, 7) is 7.80. The van der Waals surface area contributed by atoms with Crippen LogP contribution < -0.4 is 10.1 Å². The fourth-order valence-corrected chi connectivity index (χ4v) is 3.16. The molecule has 1 aromatic carbocycles. The highest BCUT2D eigenvalue weighted by molar-refractivity contribution is 5.59. The Bertz CT molecular complexity index is 433. The van der Waals surface area contributed by atoms with E-state index in [9.17, 15) is 0 Å². The molecule has 2 aliphatic heterocycles. The first-order valence-electron chi connectivity index (χ1n) is 7.57. The van der Waals surface area contributed by atoms with Crippen molar-refractivity contribution < 1.29 is 4.74 Å². The molecule has 0 aromatic heterocycles. The number of benzene rings is 1. The quantitative estimate of drug-likeness (QED) is 0.901. The van der Waals surface area contributed by atoms with Crippen molar-refractivity contribution in [3.8, 4) is 5.75 Å². The topological polar surface area (TPSA) is 24.5 Å². The molecule has 104 valence electrons. The molecule has 3 heteroatoms. The van der Waals surface area contributed by atoms with Crippen LogP contribution in [0.4, 0.5) is 5.69 Å². The Morgan fingerprint density at radius 1 is 1.42 bits per heavy atom. The van der Waals surface area contributed by atoms with E-state index >= 15 is 0 Å². The third kappa shape index (κ3) is 2.86. The summed E-state index contributed by atoms with van der Waals surface area (Å²) in [5, 5.41) is 3.46. The summed E-state index contributed by atoms with van der Waals surface area (Å²) in [5.74, 6) is 1.80. The maximum atomic E-state index is 6.11. The van der Waals surface area contributed by atoms with Gasteiger partial charge in [-0.1, -0.05) is 13.0 Å². The number of nitrogens with zero attached hydrogens (tertiary/aromatic N) is 1. The molecule has 1 saturated heterocycles. The molecular formula is C16H24N2O. The van der Waals surface area contributed by atoms with Gasteiger partial charge in [0.05, 0.1) is 6.61 Å². The molecule has 1 unspecified atom stereocenters. The second-order valence-electron chi connectivity index (χ2n) is 5.67. The van der Waals surface area contributed by atoms with E-state index in [4.69, 9.17) is 4.74 Å². The van der Waals surface area contributed by atoms with Crippen LogP contribution in [0.1, 0.15) is 25.3 Å². The minimum Gasteiger partial charge on any atom is -0.493 e. The Balaban J connectivity index is 1.61. The average molecular weight is 260 g/mol. The van der Waals surface area contributed by atoms with Crippen LogP contribution in [0.3, 0.4) is 0 Å². The van der Waals surface area contributed by atoms with Crippen LogP contribution in [0, 0.1) is 5.92 Å². The third-order valence-corrected chi connectivity index (χ3v) is 4.34. The van der Waals surface area contributed by atoms with Gasteiger partial charge in [-0.3, -0.25) is 0 Å². The summed E-state index contributed by atoms with van der Waals surface area (Å²) in [6, 6.07) is 6.38. The summed E-state index contributed by atoms with van der Waals surface area (Å²) in [7, 11) is 0. The number of fused-ring (bicyclic) bond motifs is 1. The monoisotopic (exact) mass is 260 g/mol. The summed E-state index contributed by atoms with van der Waals surface area (Å²) >= 11 is 0. The smallest absolute Gasteiger partial charge is 0.124 e.